The number of methoxy groups -OCH3 is 1. The second-order valence-electron chi connectivity index (χ2n) is 5.87. The van der Waals surface area contributed by atoms with E-state index in [1.54, 1.807) is 30.3 Å². The predicted octanol–water partition coefficient (Wildman–Crippen LogP) is 1.89. The summed E-state index contributed by atoms with van der Waals surface area (Å²) >= 11 is 0. The Labute approximate surface area is 163 Å². The topological polar surface area (TPSA) is 105 Å². The highest BCUT2D eigenvalue weighted by Gasteiger charge is 2.33. The molecule has 2 atom stereocenters. The summed E-state index contributed by atoms with van der Waals surface area (Å²) in [6.45, 7) is 0.0524. The van der Waals surface area contributed by atoms with E-state index < -0.39 is 33.5 Å². The number of esters is 1. The van der Waals surface area contributed by atoms with Crippen molar-refractivity contribution < 1.29 is 27.4 Å². The molecular formula is C18H20ClNO6S. The van der Waals surface area contributed by atoms with Crippen molar-refractivity contribution in [3.05, 3.63) is 54.1 Å². The van der Waals surface area contributed by atoms with Crippen molar-refractivity contribution in [2.24, 2.45) is 5.73 Å². The largest absolute Gasteiger partial charge is 0.469 e. The number of benzene rings is 2. The van der Waals surface area contributed by atoms with Gasteiger partial charge >= 0.3 is 5.97 Å². The number of sulfone groups is 1. The second kappa shape index (κ2) is 8.60. The summed E-state index contributed by atoms with van der Waals surface area (Å²) in [5.74, 6) is -1.02. The predicted molar refractivity (Wildman–Crippen MR) is 101 cm³/mol. The third-order valence-electron chi connectivity index (χ3n) is 4.16. The molecule has 2 N–H and O–H groups in total. The number of fused-ring (bicyclic) bond motifs is 1. The molecule has 2 unspecified atom stereocenters. The first kappa shape index (κ1) is 21.0. The van der Waals surface area contributed by atoms with Crippen LogP contribution in [0.15, 0.2) is 53.4 Å². The van der Waals surface area contributed by atoms with E-state index in [2.05, 4.69) is 0 Å². The quantitative estimate of drug-likeness (QED) is 0.721. The molecule has 0 amide bonds. The van der Waals surface area contributed by atoms with Crippen LogP contribution in [0, 0.1) is 0 Å². The Kier molecular flexibility index (Phi) is 6.69. The van der Waals surface area contributed by atoms with Gasteiger partial charge in [-0.3, -0.25) is 4.79 Å². The Bertz CT molecular complexity index is 903. The van der Waals surface area contributed by atoms with Crippen LogP contribution in [0.25, 0.3) is 0 Å². The van der Waals surface area contributed by atoms with Gasteiger partial charge in [-0.05, 0) is 17.7 Å². The number of carbonyl (C=O) groups is 1. The number of ether oxygens (including phenoxy) is 3. The van der Waals surface area contributed by atoms with Crippen LogP contribution in [-0.2, 0) is 19.4 Å². The van der Waals surface area contributed by atoms with Gasteiger partial charge in [0.2, 0.25) is 6.79 Å². The van der Waals surface area contributed by atoms with Crippen molar-refractivity contribution >= 4 is 28.2 Å². The van der Waals surface area contributed by atoms with Crippen LogP contribution >= 0.6 is 12.4 Å². The minimum absolute atomic E-state index is 0. The summed E-state index contributed by atoms with van der Waals surface area (Å²) in [5, 5.41) is 0. The van der Waals surface area contributed by atoms with Gasteiger partial charge in [-0.1, -0.05) is 30.3 Å². The van der Waals surface area contributed by atoms with E-state index in [4.69, 9.17) is 19.9 Å². The molecule has 0 radical (unpaired) electrons. The minimum Gasteiger partial charge on any atom is -0.469 e. The van der Waals surface area contributed by atoms with Gasteiger partial charge in [-0.2, -0.15) is 0 Å². The summed E-state index contributed by atoms with van der Waals surface area (Å²) < 4.78 is 40.7. The van der Waals surface area contributed by atoms with Crippen LogP contribution in [-0.4, -0.2) is 40.1 Å². The molecule has 9 heteroatoms. The van der Waals surface area contributed by atoms with Gasteiger partial charge in [-0.25, -0.2) is 8.42 Å². The molecule has 1 aliphatic rings. The van der Waals surface area contributed by atoms with Crippen molar-refractivity contribution in [2.75, 3.05) is 19.7 Å². The Hall–Kier alpha value is -2.29. The molecule has 27 heavy (non-hydrogen) atoms. The molecule has 146 valence electrons. The normalized spacial score (nSPS) is 14.7. The lowest BCUT2D eigenvalue weighted by atomic mass is 9.93. The van der Waals surface area contributed by atoms with E-state index in [0.717, 1.165) is 0 Å². The first-order valence-electron chi connectivity index (χ1n) is 7.93. The standard InChI is InChI=1S/C18H19NO6S.ClH/c1-23-18(20)17(12-5-3-2-4-6-12)14(19)10-26(21,22)13-7-8-15-16(9-13)25-11-24-15;/h2-9,14,17H,10-11,19H2,1H3;1H. The summed E-state index contributed by atoms with van der Waals surface area (Å²) in [4.78, 5) is 12.3. The Morgan fingerprint density at radius 3 is 2.48 bits per heavy atom. The van der Waals surface area contributed by atoms with Gasteiger partial charge in [0.05, 0.1) is 23.7 Å². The molecule has 0 aromatic heterocycles. The lowest BCUT2D eigenvalue weighted by molar-refractivity contribution is -0.142. The molecule has 1 heterocycles. The maximum atomic E-state index is 12.8. The molecule has 0 saturated heterocycles. The Morgan fingerprint density at radius 2 is 1.81 bits per heavy atom. The third kappa shape index (κ3) is 4.52. The van der Waals surface area contributed by atoms with Crippen molar-refractivity contribution in [1.29, 1.82) is 0 Å². The van der Waals surface area contributed by atoms with Crippen molar-refractivity contribution in [2.45, 2.75) is 16.9 Å². The fraction of sp³-hybridized carbons (Fsp3) is 0.278. The van der Waals surface area contributed by atoms with Crippen molar-refractivity contribution in [3.63, 3.8) is 0 Å². The van der Waals surface area contributed by atoms with E-state index >= 15 is 0 Å². The first-order chi connectivity index (χ1) is 12.4. The number of carbonyl (C=O) groups excluding carboxylic acids is 1. The molecule has 0 saturated carbocycles. The van der Waals surface area contributed by atoms with Gasteiger partial charge in [0.1, 0.15) is 0 Å². The first-order valence-corrected chi connectivity index (χ1v) is 9.58. The third-order valence-corrected chi connectivity index (χ3v) is 5.95. The average Bonchev–Trinajstić information content (AvgIpc) is 3.10. The highest BCUT2D eigenvalue weighted by atomic mass is 35.5. The number of hydrogen-bond acceptors (Lipinski definition) is 7. The minimum atomic E-state index is -3.74. The monoisotopic (exact) mass is 413 g/mol. The molecule has 0 fully saturated rings. The van der Waals surface area contributed by atoms with E-state index in [0.29, 0.717) is 17.1 Å². The average molecular weight is 414 g/mol. The van der Waals surface area contributed by atoms with Crippen LogP contribution in [0.2, 0.25) is 0 Å². The van der Waals surface area contributed by atoms with Gasteiger partial charge in [0, 0.05) is 12.1 Å². The molecule has 0 spiro atoms. The lowest BCUT2D eigenvalue weighted by Crippen LogP contribution is -2.40. The fourth-order valence-corrected chi connectivity index (χ4v) is 4.32. The summed E-state index contributed by atoms with van der Waals surface area (Å²) in [6, 6.07) is 12.1. The zero-order chi connectivity index (χ0) is 18.7. The van der Waals surface area contributed by atoms with E-state index in [1.807, 2.05) is 0 Å². The Morgan fingerprint density at radius 1 is 1.15 bits per heavy atom. The van der Waals surface area contributed by atoms with Crippen LogP contribution in [0.4, 0.5) is 0 Å². The smallest absolute Gasteiger partial charge is 0.314 e. The van der Waals surface area contributed by atoms with E-state index in [9.17, 15) is 13.2 Å². The summed E-state index contributed by atoms with van der Waals surface area (Å²) in [6.07, 6.45) is 0. The SMILES string of the molecule is COC(=O)C(c1ccccc1)C(N)CS(=O)(=O)c1ccc2c(c1)OCO2.Cl. The number of rotatable bonds is 6. The van der Waals surface area contributed by atoms with Gasteiger partial charge < -0.3 is 19.9 Å². The number of nitrogens with two attached hydrogens (primary N) is 1. The molecule has 1 aliphatic heterocycles. The second-order valence-corrected chi connectivity index (χ2v) is 7.91. The van der Waals surface area contributed by atoms with Crippen LogP contribution in [0.3, 0.4) is 0 Å². The highest BCUT2D eigenvalue weighted by Crippen LogP contribution is 2.34. The van der Waals surface area contributed by atoms with Crippen molar-refractivity contribution in [1.82, 2.24) is 0 Å². The molecular weight excluding hydrogens is 394 g/mol. The maximum absolute atomic E-state index is 12.8. The molecule has 2 aromatic carbocycles. The van der Waals surface area contributed by atoms with Crippen molar-refractivity contribution in [3.8, 4) is 11.5 Å². The summed E-state index contributed by atoms with van der Waals surface area (Å²) in [5.41, 5.74) is 6.73. The number of halogens is 1. The zero-order valence-electron chi connectivity index (χ0n) is 14.5. The molecule has 3 rings (SSSR count). The van der Waals surface area contributed by atoms with Crippen LogP contribution in [0.5, 0.6) is 11.5 Å². The van der Waals surface area contributed by atoms with Gasteiger partial charge in [-0.15, -0.1) is 12.4 Å². The van der Waals surface area contributed by atoms with Gasteiger partial charge in [0.15, 0.2) is 21.3 Å². The molecule has 2 aromatic rings. The Balaban J connectivity index is 0.00000261. The van der Waals surface area contributed by atoms with E-state index in [1.165, 1.54) is 25.3 Å². The number of hydrogen-bond donors (Lipinski definition) is 1. The molecule has 7 nitrogen and oxygen atoms in total. The lowest BCUT2D eigenvalue weighted by Gasteiger charge is -2.22. The van der Waals surface area contributed by atoms with Crippen LogP contribution in [0.1, 0.15) is 11.5 Å². The summed E-state index contributed by atoms with van der Waals surface area (Å²) in [7, 11) is -2.50. The maximum Gasteiger partial charge on any atom is 0.314 e. The highest BCUT2D eigenvalue weighted by molar-refractivity contribution is 7.91. The van der Waals surface area contributed by atoms with Gasteiger partial charge in [0.25, 0.3) is 0 Å². The van der Waals surface area contributed by atoms with E-state index in [-0.39, 0.29) is 24.1 Å². The molecule has 0 bridgehead atoms. The zero-order valence-corrected chi connectivity index (χ0v) is 16.2. The fourth-order valence-electron chi connectivity index (χ4n) is 2.86. The molecule has 0 aliphatic carbocycles. The van der Waals surface area contributed by atoms with Crippen LogP contribution < -0.4 is 15.2 Å².